The second-order valence-corrected chi connectivity index (χ2v) is 10.9. The Bertz CT molecular complexity index is 1080. The van der Waals surface area contributed by atoms with E-state index in [1.165, 1.54) is 20.0 Å². The molecule has 194 valence electrons. The van der Waals surface area contributed by atoms with Crippen LogP contribution < -0.4 is 11.2 Å². The number of aliphatic hydroxyl groups excluding tert-OH is 3. The van der Waals surface area contributed by atoms with E-state index in [0.717, 1.165) is 4.57 Å². The maximum absolute atomic E-state index is 12.1. The molecule has 16 nitrogen and oxygen atoms in total. The molecule has 1 aromatic heterocycles. The Morgan fingerprint density at radius 1 is 1.12 bits per heavy atom. The fourth-order valence-corrected chi connectivity index (χ4v) is 5.57. The van der Waals surface area contributed by atoms with Crippen molar-refractivity contribution in [2.24, 2.45) is 0 Å². The smallest absolute Gasteiger partial charge is 0.390 e. The summed E-state index contributed by atoms with van der Waals surface area (Å²) in [5.74, 6) is 0. The lowest BCUT2D eigenvalue weighted by Crippen LogP contribution is -2.47. The SMILES string of the molecule is Cc1cn(C2C[C@H](O)[C@@H](COP(=O)(O)OP(=O)(O)O[C@@H]3C[C@@H](O)[C@H](O)C(C)O3)O2)c(=O)[nH]c1=O. The highest BCUT2D eigenvalue weighted by atomic mass is 31.3. The molecule has 0 aliphatic carbocycles. The molecule has 4 unspecified atom stereocenters. The number of H-pyrrole nitrogens is 1. The minimum Gasteiger partial charge on any atom is -0.390 e. The van der Waals surface area contributed by atoms with Gasteiger partial charge in [-0.25, -0.2) is 13.9 Å². The molecular formula is C16H26N2O14P2. The summed E-state index contributed by atoms with van der Waals surface area (Å²) in [7, 11) is -10.5. The van der Waals surface area contributed by atoms with Gasteiger partial charge in [-0.05, 0) is 13.8 Å². The Balaban J connectivity index is 1.56. The van der Waals surface area contributed by atoms with Crippen LogP contribution in [0.25, 0.3) is 0 Å². The summed E-state index contributed by atoms with van der Waals surface area (Å²) < 4.78 is 49.3. The Labute approximate surface area is 191 Å². The predicted octanol–water partition coefficient (Wildman–Crippen LogP) is -1.40. The van der Waals surface area contributed by atoms with Crippen LogP contribution in [0.3, 0.4) is 0 Å². The van der Waals surface area contributed by atoms with Crippen molar-refractivity contribution in [1.82, 2.24) is 9.55 Å². The second kappa shape index (κ2) is 10.4. The van der Waals surface area contributed by atoms with Gasteiger partial charge in [0.05, 0.1) is 24.9 Å². The molecule has 3 rings (SSSR count). The monoisotopic (exact) mass is 532 g/mol. The molecule has 0 amide bonds. The number of aromatic nitrogens is 2. The number of aryl methyl sites for hydroxylation is 1. The van der Waals surface area contributed by atoms with Gasteiger partial charge in [-0.15, -0.1) is 0 Å². The van der Waals surface area contributed by atoms with E-state index < -0.39 is 83.0 Å². The third-order valence-electron chi connectivity index (χ3n) is 5.19. The largest absolute Gasteiger partial charge is 0.483 e. The van der Waals surface area contributed by atoms with Gasteiger partial charge in [0.25, 0.3) is 5.56 Å². The van der Waals surface area contributed by atoms with Crippen LogP contribution in [0.4, 0.5) is 0 Å². The van der Waals surface area contributed by atoms with Gasteiger partial charge in [-0.3, -0.25) is 23.4 Å². The zero-order chi connectivity index (χ0) is 25.4. The molecule has 0 saturated carbocycles. The molecule has 0 aromatic carbocycles. The first kappa shape index (κ1) is 27.3. The van der Waals surface area contributed by atoms with Crippen LogP contribution in [0.2, 0.25) is 0 Å². The number of nitrogens with zero attached hydrogens (tertiary/aromatic N) is 1. The molecule has 9 atom stereocenters. The van der Waals surface area contributed by atoms with Crippen molar-refractivity contribution in [2.75, 3.05) is 6.61 Å². The van der Waals surface area contributed by atoms with Crippen LogP contribution >= 0.6 is 15.6 Å². The number of hydrogen-bond donors (Lipinski definition) is 6. The Kier molecular flexibility index (Phi) is 8.35. The molecule has 18 heteroatoms. The van der Waals surface area contributed by atoms with Gasteiger partial charge in [-0.2, -0.15) is 4.31 Å². The second-order valence-electron chi connectivity index (χ2n) is 7.90. The standard InChI is InChI=1S/C16H26N2O14P2/c1-7-5-18(16(23)17-15(7)22)12-3-9(19)11(30-12)6-28-33(24,25)32-34(26,27)31-13-4-10(20)14(21)8(2)29-13/h5,8-14,19-21H,3-4,6H2,1-2H3,(H,24,25)(H,26,27)(H,17,22,23)/t8?,9-,10+,11+,12?,13+,14+/m0/s1. The molecule has 0 spiro atoms. The zero-order valence-electron chi connectivity index (χ0n) is 18.0. The van der Waals surface area contributed by atoms with E-state index in [4.69, 9.17) is 9.47 Å². The molecule has 34 heavy (non-hydrogen) atoms. The van der Waals surface area contributed by atoms with E-state index >= 15 is 0 Å². The van der Waals surface area contributed by atoms with E-state index in [1.54, 1.807) is 0 Å². The fourth-order valence-electron chi connectivity index (χ4n) is 3.42. The van der Waals surface area contributed by atoms with Crippen LogP contribution in [0.1, 0.15) is 31.6 Å². The van der Waals surface area contributed by atoms with Gasteiger partial charge in [0.1, 0.15) is 18.4 Å². The molecule has 0 bridgehead atoms. The number of rotatable bonds is 8. The molecule has 2 saturated heterocycles. The fraction of sp³-hybridized carbons (Fsp3) is 0.750. The summed E-state index contributed by atoms with van der Waals surface area (Å²) in [5.41, 5.74) is -1.17. The number of phosphoric ester groups is 2. The summed E-state index contributed by atoms with van der Waals surface area (Å²) in [4.78, 5) is 45.1. The predicted molar refractivity (Wildman–Crippen MR) is 109 cm³/mol. The lowest BCUT2D eigenvalue weighted by atomic mass is 10.0. The van der Waals surface area contributed by atoms with E-state index in [0.29, 0.717) is 0 Å². The van der Waals surface area contributed by atoms with E-state index in [2.05, 4.69) is 18.3 Å². The number of aliphatic hydroxyl groups is 3. The average molecular weight is 532 g/mol. The van der Waals surface area contributed by atoms with Gasteiger partial charge < -0.3 is 34.6 Å². The topological polar surface area (TPSA) is 236 Å². The molecule has 3 heterocycles. The van der Waals surface area contributed by atoms with Crippen molar-refractivity contribution < 1.29 is 57.1 Å². The molecular weight excluding hydrogens is 506 g/mol. The summed E-state index contributed by atoms with van der Waals surface area (Å²) in [6.07, 6.45) is -7.90. The molecule has 2 fully saturated rings. The molecule has 6 N–H and O–H groups in total. The van der Waals surface area contributed by atoms with Crippen molar-refractivity contribution in [1.29, 1.82) is 0 Å². The number of ether oxygens (including phenoxy) is 2. The molecule has 1 aromatic rings. The van der Waals surface area contributed by atoms with Gasteiger partial charge >= 0.3 is 21.3 Å². The Morgan fingerprint density at radius 3 is 2.44 bits per heavy atom. The first-order chi connectivity index (χ1) is 15.7. The van der Waals surface area contributed by atoms with Gasteiger partial charge in [-0.1, -0.05) is 0 Å². The van der Waals surface area contributed by atoms with Crippen molar-refractivity contribution in [2.45, 2.75) is 69.7 Å². The first-order valence-electron chi connectivity index (χ1n) is 10.0. The quantitative estimate of drug-likeness (QED) is 0.211. The van der Waals surface area contributed by atoms with E-state index in [1.807, 2.05) is 0 Å². The first-order valence-corrected chi connectivity index (χ1v) is 13.0. The lowest BCUT2D eigenvalue weighted by Gasteiger charge is -2.35. The minimum atomic E-state index is -5.25. The van der Waals surface area contributed by atoms with E-state index in [9.17, 15) is 43.8 Å². The Hall–Kier alpha value is -1.26. The summed E-state index contributed by atoms with van der Waals surface area (Å²) >= 11 is 0. The highest BCUT2D eigenvalue weighted by Crippen LogP contribution is 2.61. The number of phosphoric acid groups is 2. The maximum Gasteiger partial charge on any atom is 0.483 e. The Morgan fingerprint density at radius 2 is 1.79 bits per heavy atom. The summed E-state index contributed by atoms with van der Waals surface area (Å²) in [5, 5.41) is 29.5. The highest BCUT2D eigenvalue weighted by molar-refractivity contribution is 7.61. The van der Waals surface area contributed by atoms with Gasteiger partial charge in [0, 0.05) is 24.6 Å². The number of aromatic amines is 1. The number of hydrogen-bond acceptors (Lipinski definition) is 12. The van der Waals surface area contributed by atoms with Gasteiger partial charge in [0.2, 0.25) is 0 Å². The summed E-state index contributed by atoms with van der Waals surface area (Å²) in [6, 6.07) is 0. The summed E-state index contributed by atoms with van der Waals surface area (Å²) in [6.45, 7) is 2.05. The van der Waals surface area contributed by atoms with Crippen molar-refractivity contribution in [3.63, 3.8) is 0 Å². The van der Waals surface area contributed by atoms with Crippen LogP contribution in [0, 0.1) is 6.92 Å². The zero-order valence-corrected chi connectivity index (χ0v) is 19.8. The van der Waals surface area contributed by atoms with Crippen LogP contribution in [0.15, 0.2) is 15.8 Å². The molecule has 0 radical (unpaired) electrons. The highest BCUT2D eigenvalue weighted by Gasteiger charge is 2.43. The van der Waals surface area contributed by atoms with Crippen molar-refractivity contribution in [3.8, 4) is 0 Å². The lowest BCUT2D eigenvalue weighted by molar-refractivity contribution is -0.220. The number of nitrogens with one attached hydrogen (secondary N) is 1. The average Bonchev–Trinajstić information content (AvgIpc) is 3.06. The van der Waals surface area contributed by atoms with Crippen molar-refractivity contribution >= 4 is 15.6 Å². The van der Waals surface area contributed by atoms with Crippen LogP contribution in [-0.2, 0) is 32.0 Å². The molecule has 2 aliphatic heterocycles. The third-order valence-corrected chi connectivity index (χ3v) is 7.82. The maximum atomic E-state index is 12.1. The minimum absolute atomic E-state index is 0.122. The normalized spacial score (nSPS) is 35.6. The van der Waals surface area contributed by atoms with E-state index in [-0.39, 0.29) is 12.0 Å². The van der Waals surface area contributed by atoms with Crippen molar-refractivity contribution in [3.05, 3.63) is 32.6 Å². The van der Waals surface area contributed by atoms with Gasteiger partial charge in [0.15, 0.2) is 6.29 Å². The van der Waals surface area contributed by atoms with Crippen LogP contribution in [-0.4, -0.2) is 78.1 Å². The van der Waals surface area contributed by atoms with Crippen LogP contribution in [0.5, 0.6) is 0 Å². The molecule has 2 aliphatic rings. The third kappa shape index (κ3) is 6.69.